The fourth-order valence-electron chi connectivity index (χ4n) is 5.07. The number of carbonyl (C=O) groups excluding carboxylic acids is 3. The zero-order valence-corrected chi connectivity index (χ0v) is 18.0. The zero-order valence-electron chi connectivity index (χ0n) is 18.0. The summed E-state index contributed by atoms with van der Waals surface area (Å²) in [6.45, 7) is 3.06. The quantitative estimate of drug-likeness (QED) is 0.479. The van der Waals surface area contributed by atoms with E-state index >= 15 is 0 Å². The van der Waals surface area contributed by atoms with E-state index in [0.717, 1.165) is 43.6 Å². The topological polar surface area (TPSA) is 90.5 Å². The number of benzene rings is 2. The van der Waals surface area contributed by atoms with Crippen LogP contribution in [0.1, 0.15) is 57.9 Å². The Kier molecular flexibility index (Phi) is 5.76. The van der Waals surface area contributed by atoms with Crippen molar-refractivity contribution >= 4 is 17.7 Å². The molecule has 0 radical (unpaired) electrons. The molecule has 1 saturated heterocycles. The van der Waals surface area contributed by atoms with Gasteiger partial charge in [0.05, 0.1) is 0 Å². The number of hydrogen-bond acceptors (Lipinski definition) is 5. The van der Waals surface area contributed by atoms with Gasteiger partial charge < -0.3 is 15.5 Å². The Balaban J connectivity index is 1.17. The van der Waals surface area contributed by atoms with Crippen molar-refractivity contribution in [2.45, 2.75) is 50.9 Å². The molecule has 5 rings (SSSR count). The summed E-state index contributed by atoms with van der Waals surface area (Å²) in [6.07, 6.45) is 2.76. The van der Waals surface area contributed by atoms with E-state index in [1.54, 1.807) is 4.90 Å². The minimum Gasteiger partial charge on any atom is -0.322 e. The van der Waals surface area contributed by atoms with Crippen LogP contribution in [-0.4, -0.2) is 41.8 Å². The number of piperidine rings is 1. The predicted octanol–water partition coefficient (Wildman–Crippen LogP) is 1.81. The predicted molar refractivity (Wildman–Crippen MR) is 120 cm³/mol. The number of hydrogen-bond donors (Lipinski definition) is 3. The van der Waals surface area contributed by atoms with Crippen molar-refractivity contribution < 1.29 is 14.4 Å². The van der Waals surface area contributed by atoms with Crippen molar-refractivity contribution in [2.24, 2.45) is 0 Å². The molecular formula is C25H28N4O3. The number of carbonyl (C=O) groups is 3. The molecule has 2 aromatic rings. The SMILES string of the molecule is O=C1CCC(N2Cc3cc(CNCCC4NCCc5ccccc54)ccc3C2=O)C(=O)N1. The highest BCUT2D eigenvalue weighted by atomic mass is 16.2. The van der Waals surface area contributed by atoms with Gasteiger partial charge in [-0.05, 0) is 60.7 Å². The molecule has 7 heteroatoms. The molecule has 166 valence electrons. The minimum atomic E-state index is -0.569. The van der Waals surface area contributed by atoms with Crippen LogP contribution in [0.15, 0.2) is 42.5 Å². The van der Waals surface area contributed by atoms with Crippen molar-refractivity contribution in [1.29, 1.82) is 0 Å². The summed E-state index contributed by atoms with van der Waals surface area (Å²) >= 11 is 0. The van der Waals surface area contributed by atoms with Crippen molar-refractivity contribution in [3.8, 4) is 0 Å². The van der Waals surface area contributed by atoms with Gasteiger partial charge in [-0.2, -0.15) is 0 Å². The van der Waals surface area contributed by atoms with Gasteiger partial charge in [-0.15, -0.1) is 0 Å². The Bertz CT molecular complexity index is 1070. The smallest absolute Gasteiger partial charge is 0.255 e. The van der Waals surface area contributed by atoms with Gasteiger partial charge in [0.1, 0.15) is 6.04 Å². The monoisotopic (exact) mass is 432 g/mol. The molecule has 0 aromatic heterocycles. The van der Waals surface area contributed by atoms with Crippen molar-refractivity contribution in [2.75, 3.05) is 13.1 Å². The normalized spacial score (nSPS) is 22.5. The molecular weight excluding hydrogens is 404 g/mol. The summed E-state index contributed by atoms with van der Waals surface area (Å²) in [7, 11) is 0. The second-order valence-electron chi connectivity index (χ2n) is 8.81. The van der Waals surface area contributed by atoms with Crippen molar-refractivity contribution in [3.05, 3.63) is 70.3 Å². The fourth-order valence-corrected chi connectivity index (χ4v) is 5.07. The molecule has 3 heterocycles. The van der Waals surface area contributed by atoms with Gasteiger partial charge in [0.15, 0.2) is 0 Å². The van der Waals surface area contributed by atoms with Crippen LogP contribution in [0.4, 0.5) is 0 Å². The highest BCUT2D eigenvalue weighted by molar-refractivity contribution is 6.05. The van der Waals surface area contributed by atoms with Crippen molar-refractivity contribution in [3.63, 3.8) is 0 Å². The highest BCUT2D eigenvalue weighted by Crippen LogP contribution is 2.28. The minimum absolute atomic E-state index is 0.129. The molecule has 3 aliphatic heterocycles. The van der Waals surface area contributed by atoms with Gasteiger partial charge in [0.25, 0.3) is 5.91 Å². The molecule has 0 saturated carbocycles. The Morgan fingerprint density at radius 2 is 1.91 bits per heavy atom. The molecule has 1 fully saturated rings. The maximum absolute atomic E-state index is 12.8. The first-order valence-corrected chi connectivity index (χ1v) is 11.4. The number of imide groups is 1. The van der Waals surface area contributed by atoms with Gasteiger partial charge in [0, 0.05) is 31.1 Å². The molecule has 2 atom stereocenters. The number of amides is 3. The van der Waals surface area contributed by atoms with Crippen LogP contribution >= 0.6 is 0 Å². The summed E-state index contributed by atoms with van der Waals surface area (Å²) in [5.74, 6) is -0.770. The molecule has 2 aromatic carbocycles. The van der Waals surface area contributed by atoms with E-state index in [2.05, 4.69) is 46.3 Å². The molecule has 3 aliphatic rings. The van der Waals surface area contributed by atoms with E-state index in [4.69, 9.17) is 0 Å². The largest absolute Gasteiger partial charge is 0.322 e. The molecule has 2 unspecified atom stereocenters. The third-order valence-corrected chi connectivity index (χ3v) is 6.74. The second kappa shape index (κ2) is 8.84. The summed E-state index contributed by atoms with van der Waals surface area (Å²) in [4.78, 5) is 38.0. The lowest BCUT2D eigenvalue weighted by Crippen LogP contribution is -2.52. The summed E-state index contributed by atoms with van der Waals surface area (Å²) in [5.41, 5.74) is 5.58. The second-order valence-corrected chi connectivity index (χ2v) is 8.81. The lowest BCUT2D eigenvalue weighted by atomic mass is 9.92. The highest BCUT2D eigenvalue weighted by Gasteiger charge is 2.39. The molecule has 0 aliphatic carbocycles. The number of nitrogens with zero attached hydrogens (tertiary/aromatic N) is 1. The van der Waals surface area contributed by atoms with Crippen LogP contribution in [0, 0.1) is 0 Å². The van der Waals surface area contributed by atoms with E-state index < -0.39 is 6.04 Å². The zero-order chi connectivity index (χ0) is 22.1. The van der Waals surface area contributed by atoms with Crippen LogP contribution in [0.3, 0.4) is 0 Å². The molecule has 3 amide bonds. The van der Waals surface area contributed by atoms with E-state index in [0.29, 0.717) is 24.6 Å². The third kappa shape index (κ3) is 4.06. The summed E-state index contributed by atoms with van der Waals surface area (Å²) in [5, 5.41) is 9.49. The van der Waals surface area contributed by atoms with E-state index in [9.17, 15) is 14.4 Å². The van der Waals surface area contributed by atoms with Gasteiger partial charge in [-0.3, -0.25) is 19.7 Å². The molecule has 3 N–H and O–H groups in total. The number of rotatable bonds is 6. The summed E-state index contributed by atoms with van der Waals surface area (Å²) in [6, 6.07) is 14.4. The fraction of sp³-hybridized carbons (Fsp3) is 0.400. The van der Waals surface area contributed by atoms with E-state index in [1.165, 1.54) is 11.1 Å². The lowest BCUT2D eigenvalue weighted by Gasteiger charge is -2.29. The Hall–Kier alpha value is -3.03. The van der Waals surface area contributed by atoms with E-state index in [1.807, 2.05) is 12.1 Å². The average Bonchev–Trinajstić information content (AvgIpc) is 3.12. The first-order valence-electron chi connectivity index (χ1n) is 11.4. The van der Waals surface area contributed by atoms with E-state index in [-0.39, 0.29) is 24.1 Å². The lowest BCUT2D eigenvalue weighted by molar-refractivity contribution is -0.136. The van der Waals surface area contributed by atoms with Crippen LogP contribution in [0.25, 0.3) is 0 Å². The molecule has 7 nitrogen and oxygen atoms in total. The maximum atomic E-state index is 12.8. The number of nitrogens with one attached hydrogen (secondary N) is 3. The van der Waals surface area contributed by atoms with Crippen molar-refractivity contribution in [1.82, 2.24) is 20.9 Å². The van der Waals surface area contributed by atoms with Crippen LogP contribution < -0.4 is 16.0 Å². The number of fused-ring (bicyclic) bond motifs is 2. The Morgan fingerprint density at radius 1 is 1.03 bits per heavy atom. The van der Waals surface area contributed by atoms with Crippen LogP contribution in [0.5, 0.6) is 0 Å². The van der Waals surface area contributed by atoms with Gasteiger partial charge in [-0.1, -0.05) is 36.4 Å². The maximum Gasteiger partial charge on any atom is 0.255 e. The molecule has 0 bridgehead atoms. The van der Waals surface area contributed by atoms with Crippen LogP contribution in [-0.2, 0) is 29.1 Å². The Morgan fingerprint density at radius 3 is 2.78 bits per heavy atom. The van der Waals surface area contributed by atoms with Gasteiger partial charge >= 0.3 is 0 Å². The van der Waals surface area contributed by atoms with Gasteiger partial charge in [-0.25, -0.2) is 0 Å². The van der Waals surface area contributed by atoms with Gasteiger partial charge in [0.2, 0.25) is 11.8 Å². The molecule has 0 spiro atoms. The Labute approximate surface area is 187 Å². The summed E-state index contributed by atoms with van der Waals surface area (Å²) < 4.78 is 0. The standard InChI is InChI=1S/C25H28N4O3/c30-23-8-7-22(24(31)28-23)29-15-18-13-16(5-6-20(18)25(29)32)14-26-11-10-21-19-4-2-1-3-17(19)9-12-27-21/h1-6,13,21-22,26-27H,7-12,14-15H2,(H,28,30,31). The first kappa shape index (κ1) is 20.8. The average molecular weight is 433 g/mol. The molecule has 32 heavy (non-hydrogen) atoms. The third-order valence-electron chi connectivity index (χ3n) is 6.74. The van der Waals surface area contributed by atoms with Crippen LogP contribution in [0.2, 0.25) is 0 Å². The first-order chi connectivity index (χ1) is 15.6.